The highest BCUT2D eigenvalue weighted by Crippen LogP contribution is 2.16. The zero-order chi connectivity index (χ0) is 12.3. The largest absolute Gasteiger partial charge is 0.433 e. The molecule has 1 amide bonds. The van der Waals surface area contributed by atoms with Gasteiger partial charge in [0.2, 0.25) is 0 Å². The average molecular weight is 240 g/mol. The zero-order valence-electron chi connectivity index (χ0n) is 9.05. The minimum absolute atomic E-state index is 0.0314. The van der Waals surface area contributed by atoms with Crippen molar-refractivity contribution >= 4 is 11.8 Å². The van der Waals surface area contributed by atoms with Gasteiger partial charge in [0.25, 0.3) is 5.91 Å². The van der Waals surface area contributed by atoms with Crippen molar-refractivity contribution in [2.75, 3.05) is 13.2 Å². The molecule has 1 aliphatic heterocycles. The minimum atomic E-state index is -0.684. The van der Waals surface area contributed by atoms with Crippen molar-refractivity contribution in [2.45, 2.75) is 18.9 Å². The van der Waals surface area contributed by atoms with E-state index in [1.807, 2.05) is 0 Å². The first-order valence-electron chi connectivity index (χ1n) is 5.31. The highest BCUT2D eigenvalue weighted by Gasteiger charge is 2.20. The Balaban J connectivity index is 1.87. The van der Waals surface area contributed by atoms with Gasteiger partial charge in [0.1, 0.15) is 4.92 Å². The predicted octanol–water partition coefficient (Wildman–Crippen LogP) is 1.10. The maximum absolute atomic E-state index is 11.6. The summed E-state index contributed by atoms with van der Waals surface area (Å²) in [6, 6.07) is 2.43. The highest BCUT2D eigenvalue weighted by molar-refractivity contribution is 5.91. The van der Waals surface area contributed by atoms with E-state index >= 15 is 0 Å². The summed E-state index contributed by atoms with van der Waals surface area (Å²) in [6.07, 6.45) is 1.94. The monoisotopic (exact) mass is 240 g/mol. The summed E-state index contributed by atoms with van der Waals surface area (Å²) in [5.74, 6) is -0.962. The van der Waals surface area contributed by atoms with E-state index in [-0.39, 0.29) is 11.9 Å². The quantitative estimate of drug-likeness (QED) is 0.628. The summed E-state index contributed by atoms with van der Waals surface area (Å²) in [7, 11) is 0. The van der Waals surface area contributed by atoms with E-state index in [1.165, 1.54) is 6.07 Å². The van der Waals surface area contributed by atoms with Gasteiger partial charge in [0.15, 0.2) is 5.76 Å². The number of nitrogens with zero attached hydrogens (tertiary/aromatic N) is 1. The smallest absolute Gasteiger partial charge is 0.395 e. The Hall–Kier alpha value is -1.89. The van der Waals surface area contributed by atoms with E-state index in [4.69, 9.17) is 9.15 Å². The molecule has 0 unspecified atom stereocenters. The Labute approximate surface area is 96.9 Å². The zero-order valence-corrected chi connectivity index (χ0v) is 9.05. The van der Waals surface area contributed by atoms with Crippen molar-refractivity contribution in [1.82, 2.24) is 5.32 Å². The van der Waals surface area contributed by atoms with E-state index in [1.54, 1.807) is 0 Å². The van der Waals surface area contributed by atoms with Crippen LogP contribution in [0.4, 0.5) is 5.88 Å². The Morgan fingerprint density at radius 1 is 1.59 bits per heavy atom. The number of furan rings is 1. The second-order valence-electron chi connectivity index (χ2n) is 3.74. The summed E-state index contributed by atoms with van der Waals surface area (Å²) in [5, 5.41) is 13.0. The first kappa shape index (κ1) is 11.6. The lowest BCUT2D eigenvalue weighted by atomic mass is 10.2. The molecule has 1 atom stereocenters. The van der Waals surface area contributed by atoms with Crippen molar-refractivity contribution in [3.05, 3.63) is 28.0 Å². The van der Waals surface area contributed by atoms with Crippen LogP contribution in [0.25, 0.3) is 0 Å². The van der Waals surface area contributed by atoms with Crippen LogP contribution < -0.4 is 5.32 Å². The van der Waals surface area contributed by atoms with Gasteiger partial charge in [-0.05, 0) is 18.9 Å². The molecule has 2 heterocycles. The van der Waals surface area contributed by atoms with Crippen molar-refractivity contribution < 1.29 is 18.9 Å². The molecule has 1 fully saturated rings. The number of amides is 1. The van der Waals surface area contributed by atoms with Crippen LogP contribution in [0.15, 0.2) is 16.5 Å². The van der Waals surface area contributed by atoms with E-state index in [0.717, 1.165) is 18.9 Å². The fourth-order valence-corrected chi connectivity index (χ4v) is 1.65. The van der Waals surface area contributed by atoms with Crippen molar-refractivity contribution in [3.63, 3.8) is 0 Å². The lowest BCUT2D eigenvalue weighted by Crippen LogP contribution is -2.31. The molecule has 7 nitrogen and oxygen atoms in total. The summed E-state index contributed by atoms with van der Waals surface area (Å²) in [6.45, 7) is 1.11. The van der Waals surface area contributed by atoms with Crippen LogP contribution in [-0.4, -0.2) is 30.1 Å². The number of nitro groups is 1. The molecule has 7 heteroatoms. The number of carbonyl (C=O) groups excluding carboxylic acids is 1. The number of nitrogens with one attached hydrogen (secondary N) is 1. The molecule has 0 radical (unpaired) electrons. The summed E-state index contributed by atoms with van der Waals surface area (Å²) < 4.78 is 10.1. The lowest BCUT2D eigenvalue weighted by molar-refractivity contribution is -0.402. The molecule has 17 heavy (non-hydrogen) atoms. The molecule has 0 aromatic carbocycles. The van der Waals surface area contributed by atoms with Crippen LogP contribution in [0.3, 0.4) is 0 Å². The van der Waals surface area contributed by atoms with Gasteiger partial charge in [-0.2, -0.15) is 0 Å². The Morgan fingerprint density at radius 2 is 2.41 bits per heavy atom. The van der Waals surface area contributed by atoms with Gasteiger partial charge in [-0.25, -0.2) is 0 Å². The maximum atomic E-state index is 11.6. The number of hydrogen-bond acceptors (Lipinski definition) is 5. The maximum Gasteiger partial charge on any atom is 0.433 e. The minimum Gasteiger partial charge on any atom is -0.395 e. The molecule has 1 N–H and O–H groups in total. The highest BCUT2D eigenvalue weighted by atomic mass is 16.6. The first-order valence-corrected chi connectivity index (χ1v) is 5.31. The Kier molecular flexibility index (Phi) is 3.38. The van der Waals surface area contributed by atoms with Crippen molar-refractivity contribution in [3.8, 4) is 0 Å². The molecule has 1 aromatic heterocycles. The third-order valence-corrected chi connectivity index (χ3v) is 2.51. The number of ether oxygens (including phenoxy) is 1. The van der Waals surface area contributed by atoms with Gasteiger partial charge in [-0.15, -0.1) is 0 Å². The van der Waals surface area contributed by atoms with Crippen LogP contribution >= 0.6 is 0 Å². The van der Waals surface area contributed by atoms with Gasteiger partial charge in [0.05, 0.1) is 12.2 Å². The van der Waals surface area contributed by atoms with Gasteiger partial charge >= 0.3 is 5.88 Å². The number of carbonyl (C=O) groups is 1. The molecule has 0 saturated carbocycles. The van der Waals surface area contributed by atoms with Gasteiger partial charge in [-0.3, -0.25) is 14.9 Å². The Bertz CT molecular complexity index is 422. The third-order valence-electron chi connectivity index (χ3n) is 2.51. The lowest BCUT2D eigenvalue weighted by Gasteiger charge is -2.09. The van der Waals surface area contributed by atoms with Gasteiger partial charge < -0.3 is 14.5 Å². The molecule has 0 bridgehead atoms. The predicted molar refractivity (Wildman–Crippen MR) is 56.7 cm³/mol. The molecular formula is C10H12N2O5. The fourth-order valence-electron chi connectivity index (χ4n) is 1.65. The SMILES string of the molecule is O=C(NC[C@H]1CCCO1)c1ccc([N+](=O)[O-])o1. The first-order chi connectivity index (χ1) is 8.16. The van der Waals surface area contributed by atoms with E-state index < -0.39 is 16.7 Å². The van der Waals surface area contributed by atoms with Crippen LogP contribution in [-0.2, 0) is 4.74 Å². The molecule has 1 aliphatic rings. The summed E-state index contributed by atoms with van der Waals surface area (Å²) in [4.78, 5) is 21.2. The van der Waals surface area contributed by atoms with Crippen LogP contribution in [0, 0.1) is 10.1 Å². The average Bonchev–Trinajstić information content (AvgIpc) is 2.96. The molecule has 1 aromatic rings. The summed E-state index contributed by atoms with van der Waals surface area (Å²) in [5.41, 5.74) is 0. The molecule has 0 aliphatic carbocycles. The van der Waals surface area contributed by atoms with Crippen LogP contribution in [0.2, 0.25) is 0 Å². The fraction of sp³-hybridized carbons (Fsp3) is 0.500. The second-order valence-corrected chi connectivity index (χ2v) is 3.74. The number of hydrogen-bond donors (Lipinski definition) is 1. The molecule has 2 rings (SSSR count). The van der Waals surface area contributed by atoms with Crippen LogP contribution in [0.1, 0.15) is 23.4 Å². The van der Waals surface area contributed by atoms with Gasteiger partial charge in [0, 0.05) is 13.2 Å². The molecular weight excluding hydrogens is 228 g/mol. The van der Waals surface area contributed by atoms with E-state index in [0.29, 0.717) is 13.2 Å². The topological polar surface area (TPSA) is 94.6 Å². The normalized spacial score (nSPS) is 19.2. The van der Waals surface area contributed by atoms with Crippen molar-refractivity contribution in [2.24, 2.45) is 0 Å². The van der Waals surface area contributed by atoms with Crippen LogP contribution in [0.5, 0.6) is 0 Å². The van der Waals surface area contributed by atoms with Crippen molar-refractivity contribution in [1.29, 1.82) is 0 Å². The molecule has 1 saturated heterocycles. The van der Waals surface area contributed by atoms with Gasteiger partial charge in [-0.1, -0.05) is 0 Å². The van der Waals surface area contributed by atoms with E-state index in [9.17, 15) is 14.9 Å². The number of rotatable bonds is 4. The van der Waals surface area contributed by atoms with E-state index in [2.05, 4.69) is 5.32 Å². The third kappa shape index (κ3) is 2.82. The molecule has 92 valence electrons. The second kappa shape index (κ2) is 4.96. The summed E-state index contributed by atoms with van der Waals surface area (Å²) >= 11 is 0. The Morgan fingerprint density at radius 3 is 3.00 bits per heavy atom. The molecule has 0 spiro atoms. The standard InChI is InChI=1S/C10H12N2O5/c13-10(11-6-7-2-1-5-16-7)8-3-4-9(17-8)12(14)15/h3-4,7H,1-2,5-6H2,(H,11,13)/t7-/m1/s1.